The first kappa shape index (κ1) is 16.5. The monoisotopic (exact) mass is 315 g/mol. The molecule has 2 aliphatic heterocycles. The van der Waals surface area contributed by atoms with E-state index in [0.29, 0.717) is 6.54 Å². The Hall–Kier alpha value is -1.39. The molecule has 4 heteroatoms. The first-order valence-electron chi connectivity index (χ1n) is 8.90. The van der Waals surface area contributed by atoms with Crippen LogP contribution in [0.15, 0.2) is 30.3 Å². The molecule has 1 aromatic carbocycles. The van der Waals surface area contributed by atoms with Gasteiger partial charge < -0.3 is 10.2 Å². The largest absolute Gasteiger partial charge is 0.348 e. The zero-order valence-corrected chi connectivity index (χ0v) is 14.4. The summed E-state index contributed by atoms with van der Waals surface area (Å²) < 4.78 is 0. The Balaban J connectivity index is 1.49. The van der Waals surface area contributed by atoms with Gasteiger partial charge in [-0.3, -0.25) is 9.69 Å². The second-order valence-electron chi connectivity index (χ2n) is 7.17. The number of amides is 1. The molecule has 3 rings (SSSR count). The Morgan fingerprint density at radius 1 is 1.26 bits per heavy atom. The predicted octanol–water partition coefficient (Wildman–Crippen LogP) is 2.28. The Morgan fingerprint density at radius 3 is 2.83 bits per heavy atom. The number of carbonyl (C=O) groups is 1. The summed E-state index contributed by atoms with van der Waals surface area (Å²) in [6.45, 7) is 5.93. The summed E-state index contributed by atoms with van der Waals surface area (Å²) in [6.07, 6.45) is 3.80. The molecule has 0 aromatic heterocycles. The maximum absolute atomic E-state index is 12.4. The van der Waals surface area contributed by atoms with Crippen molar-refractivity contribution >= 4 is 5.91 Å². The smallest absolute Gasteiger partial charge is 0.234 e. The fraction of sp³-hybridized carbons (Fsp3) is 0.632. The molecule has 23 heavy (non-hydrogen) atoms. The van der Waals surface area contributed by atoms with Crippen molar-refractivity contribution in [2.75, 3.05) is 33.2 Å². The Kier molecular flexibility index (Phi) is 5.34. The third kappa shape index (κ3) is 4.12. The molecule has 2 heterocycles. The van der Waals surface area contributed by atoms with Crippen molar-refractivity contribution in [3.05, 3.63) is 35.9 Å². The number of carbonyl (C=O) groups excluding carboxylic acids is 1. The fourth-order valence-electron chi connectivity index (χ4n) is 4.19. The molecule has 0 saturated carbocycles. The van der Waals surface area contributed by atoms with Gasteiger partial charge in [-0.1, -0.05) is 30.3 Å². The molecule has 126 valence electrons. The van der Waals surface area contributed by atoms with Gasteiger partial charge in [0.05, 0.1) is 12.6 Å². The molecule has 2 fully saturated rings. The number of rotatable bonds is 4. The number of hydrogen-bond donors (Lipinski definition) is 1. The molecular formula is C19H29N3O. The van der Waals surface area contributed by atoms with E-state index in [1.54, 1.807) is 0 Å². The minimum atomic E-state index is 0.0713. The highest BCUT2D eigenvalue weighted by Gasteiger charge is 2.34. The average Bonchev–Trinajstić information content (AvgIpc) is 2.55. The molecule has 1 N–H and O–H groups in total. The number of hydrogen-bond acceptors (Lipinski definition) is 3. The van der Waals surface area contributed by atoms with Gasteiger partial charge in [0.25, 0.3) is 0 Å². The van der Waals surface area contributed by atoms with Crippen LogP contribution >= 0.6 is 0 Å². The van der Waals surface area contributed by atoms with Crippen LogP contribution < -0.4 is 5.32 Å². The van der Waals surface area contributed by atoms with E-state index in [1.165, 1.54) is 25.8 Å². The SMILES string of the molecule is CC(NC(=O)CN1CCC2C(CCCN2C)C1)c1ccccc1. The van der Waals surface area contributed by atoms with Gasteiger partial charge in [0.15, 0.2) is 0 Å². The van der Waals surface area contributed by atoms with Crippen LogP contribution in [0.2, 0.25) is 0 Å². The van der Waals surface area contributed by atoms with Gasteiger partial charge in [0.2, 0.25) is 5.91 Å². The van der Waals surface area contributed by atoms with E-state index in [2.05, 4.69) is 41.2 Å². The van der Waals surface area contributed by atoms with Gasteiger partial charge in [0, 0.05) is 19.1 Å². The summed E-state index contributed by atoms with van der Waals surface area (Å²) in [6, 6.07) is 11.0. The predicted molar refractivity (Wildman–Crippen MR) is 93.2 cm³/mol. The van der Waals surface area contributed by atoms with Crippen molar-refractivity contribution in [1.82, 2.24) is 15.1 Å². The lowest BCUT2D eigenvalue weighted by Crippen LogP contribution is -2.54. The molecule has 0 aliphatic carbocycles. The van der Waals surface area contributed by atoms with Crippen molar-refractivity contribution in [1.29, 1.82) is 0 Å². The molecular weight excluding hydrogens is 286 g/mol. The summed E-state index contributed by atoms with van der Waals surface area (Å²) in [7, 11) is 2.25. The van der Waals surface area contributed by atoms with E-state index in [4.69, 9.17) is 0 Å². The Labute approximate surface area is 139 Å². The van der Waals surface area contributed by atoms with Crippen LogP contribution in [0.25, 0.3) is 0 Å². The van der Waals surface area contributed by atoms with Crippen molar-refractivity contribution in [2.45, 2.75) is 38.3 Å². The van der Waals surface area contributed by atoms with Gasteiger partial charge in [0.1, 0.15) is 0 Å². The van der Waals surface area contributed by atoms with Gasteiger partial charge in [-0.15, -0.1) is 0 Å². The van der Waals surface area contributed by atoms with E-state index in [9.17, 15) is 4.79 Å². The molecule has 1 amide bonds. The summed E-state index contributed by atoms with van der Waals surface area (Å²) >= 11 is 0. The molecule has 4 nitrogen and oxygen atoms in total. The van der Waals surface area contributed by atoms with Crippen LogP contribution in [0, 0.1) is 5.92 Å². The molecule has 0 spiro atoms. The van der Waals surface area contributed by atoms with E-state index in [0.717, 1.165) is 30.6 Å². The molecule has 1 aromatic rings. The highest BCUT2D eigenvalue weighted by atomic mass is 16.2. The quantitative estimate of drug-likeness (QED) is 0.926. The standard InChI is InChI=1S/C19H29N3O/c1-15(16-7-4-3-5-8-16)20-19(23)14-22-12-10-18-17(13-22)9-6-11-21(18)2/h3-5,7-8,15,17-18H,6,9-14H2,1-2H3,(H,20,23). The molecule has 3 atom stereocenters. The minimum absolute atomic E-state index is 0.0713. The Bertz CT molecular complexity index is 519. The zero-order chi connectivity index (χ0) is 16.2. The van der Waals surface area contributed by atoms with E-state index in [-0.39, 0.29) is 11.9 Å². The molecule has 0 radical (unpaired) electrons. The summed E-state index contributed by atoms with van der Waals surface area (Å²) in [5.74, 6) is 0.880. The van der Waals surface area contributed by atoms with Crippen LogP contribution in [-0.2, 0) is 4.79 Å². The Morgan fingerprint density at radius 2 is 2.04 bits per heavy atom. The van der Waals surface area contributed by atoms with Gasteiger partial charge in [-0.25, -0.2) is 0 Å². The zero-order valence-electron chi connectivity index (χ0n) is 14.4. The number of nitrogens with zero attached hydrogens (tertiary/aromatic N) is 2. The lowest BCUT2D eigenvalue weighted by Gasteiger charge is -2.45. The van der Waals surface area contributed by atoms with Crippen LogP contribution in [-0.4, -0.2) is 55.0 Å². The number of likely N-dealkylation sites (tertiary alicyclic amines) is 2. The number of piperidine rings is 2. The summed E-state index contributed by atoms with van der Waals surface area (Å²) in [5, 5.41) is 3.13. The first-order chi connectivity index (χ1) is 11.1. The molecule has 3 unspecified atom stereocenters. The highest BCUT2D eigenvalue weighted by Crippen LogP contribution is 2.29. The lowest BCUT2D eigenvalue weighted by atomic mass is 9.84. The van der Waals surface area contributed by atoms with Crippen molar-refractivity contribution in [3.8, 4) is 0 Å². The van der Waals surface area contributed by atoms with Crippen LogP contribution in [0.5, 0.6) is 0 Å². The summed E-state index contributed by atoms with van der Waals surface area (Å²) in [4.78, 5) is 17.2. The third-order valence-electron chi connectivity index (χ3n) is 5.47. The second kappa shape index (κ2) is 7.45. The van der Waals surface area contributed by atoms with Crippen LogP contribution in [0.3, 0.4) is 0 Å². The summed E-state index contributed by atoms with van der Waals surface area (Å²) in [5.41, 5.74) is 1.16. The molecule has 2 aliphatic rings. The average molecular weight is 315 g/mol. The minimum Gasteiger partial charge on any atom is -0.348 e. The fourth-order valence-corrected chi connectivity index (χ4v) is 4.19. The lowest BCUT2D eigenvalue weighted by molar-refractivity contribution is -0.123. The number of benzene rings is 1. The van der Waals surface area contributed by atoms with Gasteiger partial charge in [-0.2, -0.15) is 0 Å². The van der Waals surface area contributed by atoms with Crippen molar-refractivity contribution < 1.29 is 4.79 Å². The highest BCUT2D eigenvalue weighted by molar-refractivity contribution is 5.78. The maximum Gasteiger partial charge on any atom is 0.234 e. The molecule has 0 bridgehead atoms. The van der Waals surface area contributed by atoms with Crippen molar-refractivity contribution in [3.63, 3.8) is 0 Å². The van der Waals surface area contributed by atoms with E-state index >= 15 is 0 Å². The third-order valence-corrected chi connectivity index (χ3v) is 5.47. The first-order valence-corrected chi connectivity index (χ1v) is 8.90. The number of nitrogens with one attached hydrogen (secondary N) is 1. The van der Waals surface area contributed by atoms with Crippen molar-refractivity contribution in [2.24, 2.45) is 5.92 Å². The second-order valence-corrected chi connectivity index (χ2v) is 7.17. The molecule has 2 saturated heterocycles. The van der Waals surface area contributed by atoms with Gasteiger partial charge in [-0.05, 0) is 51.3 Å². The number of fused-ring (bicyclic) bond motifs is 1. The van der Waals surface area contributed by atoms with Gasteiger partial charge >= 0.3 is 0 Å². The maximum atomic E-state index is 12.4. The van der Waals surface area contributed by atoms with Crippen LogP contribution in [0.4, 0.5) is 0 Å². The van der Waals surface area contributed by atoms with E-state index in [1.807, 2.05) is 18.2 Å². The van der Waals surface area contributed by atoms with Crippen LogP contribution in [0.1, 0.15) is 37.8 Å². The van der Waals surface area contributed by atoms with E-state index < -0.39 is 0 Å². The normalized spacial score (nSPS) is 27.2. The topological polar surface area (TPSA) is 35.6 Å².